The first-order valence-corrected chi connectivity index (χ1v) is 10.4. The first kappa shape index (κ1) is 19.0. The second kappa shape index (κ2) is 8.25. The normalized spacial score (nSPS) is 23.1. The van der Waals surface area contributed by atoms with Gasteiger partial charge in [-0.1, -0.05) is 50.6 Å². The quantitative estimate of drug-likeness (QED) is 0.644. The Labute approximate surface area is 158 Å². The lowest BCUT2D eigenvalue weighted by atomic mass is 9.78. The molecule has 1 aromatic heterocycles. The van der Waals surface area contributed by atoms with Crippen LogP contribution in [0.5, 0.6) is 0 Å². The molecule has 0 aliphatic heterocycles. The van der Waals surface area contributed by atoms with E-state index in [-0.39, 0.29) is 23.3 Å². The van der Waals surface area contributed by atoms with Gasteiger partial charge < -0.3 is 5.32 Å². The largest absolute Gasteiger partial charge is 0.352 e. The SMILES string of the molecule is CCn1c(SCC(=O)N[C@H]2CCC[C@@H](C)[C@@H]2C)nc2ccccc2c1=O. The van der Waals surface area contributed by atoms with Crippen LogP contribution in [0.2, 0.25) is 0 Å². The van der Waals surface area contributed by atoms with Gasteiger partial charge in [0.1, 0.15) is 0 Å². The zero-order chi connectivity index (χ0) is 18.7. The molecule has 140 valence electrons. The first-order chi connectivity index (χ1) is 12.5. The van der Waals surface area contributed by atoms with Gasteiger partial charge >= 0.3 is 0 Å². The predicted molar refractivity (Wildman–Crippen MR) is 107 cm³/mol. The van der Waals surface area contributed by atoms with Crippen LogP contribution >= 0.6 is 11.8 Å². The van der Waals surface area contributed by atoms with E-state index in [0.29, 0.717) is 34.4 Å². The van der Waals surface area contributed by atoms with Crippen molar-refractivity contribution in [3.63, 3.8) is 0 Å². The number of fused-ring (bicyclic) bond motifs is 1. The average Bonchev–Trinajstić information content (AvgIpc) is 2.64. The molecular weight excluding hydrogens is 346 g/mol. The molecule has 3 atom stereocenters. The number of hydrogen-bond donors (Lipinski definition) is 1. The van der Waals surface area contributed by atoms with E-state index < -0.39 is 0 Å². The van der Waals surface area contributed by atoms with Gasteiger partial charge in [0.2, 0.25) is 5.91 Å². The van der Waals surface area contributed by atoms with Crippen molar-refractivity contribution in [1.29, 1.82) is 0 Å². The molecule has 0 bridgehead atoms. The van der Waals surface area contributed by atoms with Gasteiger partial charge in [-0.3, -0.25) is 14.2 Å². The summed E-state index contributed by atoms with van der Waals surface area (Å²) >= 11 is 1.34. The van der Waals surface area contributed by atoms with E-state index in [9.17, 15) is 9.59 Å². The monoisotopic (exact) mass is 373 g/mol. The molecule has 1 saturated carbocycles. The second-order valence-electron chi connectivity index (χ2n) is 7.19. The number of nitrogens with one attached hydrogen (secondary N) is 1. The van der Waals surface area contributed by atoms with Crippen molar-refractivity contribution < 1.29 is 4.79 Å². The van der Waals surface area contributed by atoms with Gasteiger partial charge in [-0.25, -0.2) is 4.98 Å². The van der Waals surface area contributed by atoms with Crippen LogP contribution in [0.15, 0.2) is 34.2 Å². The summed E-state index contributed by atoms with van der Waals surface area (Å²) in [4.78, 5) is 29.7. The Hall–Kier alpha value is -1.82. The summed E-state index contributed by atoms with van der Waals surface area (Å²) in [5.74, 6) is 1.45. The van der Waals surface area contributed by atoms with Gasteiger partial charge in [-0.05, 0) is 37.3 Å². The maximum absolute atomic E-state index is 12.6. The Morgan fingerprint density at radius 3 is 2.85 bits per heavy atom. The third-order valence-corrected chi connectivity index (χ3v) is 6.50. The number of carbonyl (C=O) groups excluding carboxylic acids is 1. The molecule has 1 aromatic carbocycles. The van der Waals surface area contributed by atoms with Crippen LogP contribution in [0.4, 0.5) is 0 Å². The summed E-state index contributed by atoms with van der Waals surface area (Å²) in [6.07, 6.45) is 3.47. The molecule has 1 fully saturated rings. The lowest BCUT2D eigenvalue weighted by Crippen LogP contribution is -2.44. The molecule has 2 aromatic rings. The molecule has 1 aliphatic rings. The fraction of sp³-hybridized carbons (Fsp3) is 0.550. The number of para-hydroxylation sites is 1. The first-order valence-electron chi connectivity index (χ1n) is 9.43. The maximum atomic E-state index is 12.6. The number of nitrogens with zero attached hydrogens (tertiary/aromatic N) is 2. The molecule has 0 unspecified atom stereocenters. The lowest BCUT2D eigenvalue weighted by molar-refractivity contribution is -0.120. The van der Waals surface area contributed by atoms with Crippen molar-refractivity contribution in [2.75, 3.05) is 5.75 Å². The van der Waals surface area contributed by atoms with Crippen molar-refractivity contribution in [3.05, 3.63) is 34.6 Å². The van der Waals surface area contributed by atoms with E-state index in [1.165, 1.54) is 24.6 Å². The summed E-state index contributed by atoms with van der Waals surface area (Å²) in [7, 11) is 0. The number of benzene rings is 1. The third kappa shape index (κ3) is 3.95. The molecule has 26 heavy (non-hydrogen) atoms. The topological polar surface area (TPSA) is 64.0 Å². The highest BCUT2D eigenvalue weighted by Gasteiger charge is 2.28. The molecule has 3 rings (SSSR count). The number of amides is 1. The summed E-state index contributed by atoms with van der Waals surface area (Å²) < 4.78 is 1.64. The average molecular weight is 374 g/mol. The predicted octanol–water partition coefficient (Wildman–Crippen LogP) is 3.45. The number of aromatic nitrogens is 2. The number of thioether (sulfide) groups is 1. The smallest absolute Gasteiger partial charge is 0.262 e. The lowest BCUT2D eigenvalue weighted by Gasteiger charge is -2.34. The maximum Gasteiger partial charge on any atom is 0.262 e. The molecule has 5 nitrogen and oxygen atoms in total. The molecular formula is C20H27N3O2S. The Morgan fingerprint density at radius 2 is 2.08 bits per heavy atom. The zero-order valence-electron chi connectivity index (χ0n) is 15.7. The van der Waals surface area contributed by atoms with E-state index in [1.54, 1.807) is 10.6 Å². The minimum atomic E-state index is -0.0456. The molecule has 1 heterocycles. The summed E-state index contributed by atoms with van der Waals surface area (Å²) in [5, 5.41) is 4.41. The standard InChI is InChI=1S/C20H27N3O2S/c1-4-23-19(25)15-9-5-6-10-17(15)22-20(23)26-12-18(24)21-16-11-7-8-13(2)14(16)3/h5-6,9-10,13-14,16H,4,7-8,11-12H2,1-3H3,(H,21,24)/t13-,14+,16+/m1/s1. The van der Waals surface area contributed by atoms with Crippen LogP contribution in [0.1, 0.15) is 40.0 Å². The molecule has 0 radical (unpaired) electrons. The van der Waals surface area contributed by atoms with Crippen molar-refractivity contribution in [1.82, 2.24) is 14.9 Å². The van der Waals surface area contributed by atoms with E-state index in [4.69, 9.17) is 0 Å². The summed E-state index contributed by atoms with van der Waals surface area (Å²) in [6.45, 7) is 6.95. The Bertz CT molecular complexity index is 849. The van der Waals surface area contributed by atoms with E-state index >= 15 is 0 Å². The van der Waals surface area contributed by atoms with Gasteiger partial charge in [-0.2, -0.15) is 0 Å². The Balaban J connectivity index is 1.71. The zero-order valence-corrected chi connectivity index (χ0v) is 16.5. The van der Waals surface area contributed by atoms with Crippen LogP contribution in [0, 0.1) is 11.8 Å². The van der Waals surface area contributed by atoms with Crippen LogP contribution in [-0.4, -0.2) is 27.3 Å². The highest BCUT2D eigenvalue weighted by molar-refractivity contribution is 7.99. The molecule has 6 heteroatoms. The molecule has 0 spiro atoms. The van der Waals surface area contributed by atoms with Crippen molar-refractivity contribution >= 4 is 28.6 Å². The van der Waals surface area contributed by atoms with Crippen LogP contribution in [-0.2, 0) is 11.3 Å². The fourth-order valence-corrected chi connectivity index (χ4v) is 4.58. The van der Waals surface area contributed by atoms with Gasteiger partial charge in [0.25, 0.3) is 5.56 Å². The van der Waals surface area contributed by atoms with Crippen molar-refractivity contribution in [2.45, 2.75) is 57.8 Å². The minimum Gasteiger partial charge on any atom is -0.352 e. The van der Waals surface area contributed by atoms with Crippen LogP contribution in [0.3, 0.4) is 0 Å². The summed E-state index contributed by atoms with van der Waals surface area (Å²) in [6, 6.07) is 7.61. The van der Waals surface area contributed by atoms with E-state index in [1.807, 2.05) is 25.1 Å². The Kier molecular flexibility index (Phi) is 6.01. The van der Waals surface area contributed by atoms with Gasteiger partial charge in [0.15, 0.2) is 5.16 Å². The van der Waals surface area contributed by atoms with Crippen LogP contribution in [0.25, 0.3) is 10.9 Å². The van der Waals surface area contributed by atoms with E-state index in [2.05, 4.69) is 24.1 Å². The van der Waals surface area contributed by atoms with Crippen molar-refractivity contribution in [3.8, 4) is 0 Å². The molecule has 1 N–H and O–H groups in total. The molecule has 1 aliphatic carbocycles. The number of rotatable bonds is 5. The van der Waals surface area contributed by atoms with E-state index in [0.717, 1.165) is 6.42 Å². The van der Waals surface area contributed by atoms with Crippen LogP contribution < -0.4 is 10.9 Å². The fourth-order valence-electron chi connectivity index (χ4n) is 3.70. The molecule has 0 saturated heterocycles. The number of hydrogen-bond acceptors (Lipinski definition) is 4. The highest BCUT2D eigenvalue weighted by atomic mass is 32.2. The molecule has 1 amide bonds. The Morgan fingerprint density at radius 1 is 1.31 bits per heavy atom. The number of carbonyl (C=O) groups is 1. The summed E-state index contributed by atoms with van der Waals surface area (Å²) in [5.41, 5.74) is 0.635. The van der Waals surface area contributed by atoms with Crippen molar-refractivity contribution in [2.24, 2.45) is 11.8 Å². The van der Waals surface area contributed by atoms with Gasteiger partial charge in [0.05, 0.1) is 16.7 Å². The third-order valence-electron chi connectivity index (χ3n) is 5.53. The second-order valence-corrected chi connectivity index (χ2v) is 8.13. The highest BCUT2D eigenvalue weighted by Crippen LogP contribution is 2.29. The van der Waals surface area contributed by atoms with Gasteiger partial charge in [0, 0.05) is 12.6 Å². The minimum absolute atomic E-state index is 0.0195. The van der Waals surface area contributed by atoms with Gasteiger partial charge in [-0.15, -0.1) is 0 Å².